The highest BCUT2D eigenvalue weighted by Gasteiger charge is 2.28. The van der Waals surface area contributed by atoms with Gasteiger partial charge in [-0.15, -0.1) is 0 Å². The third-order valence-electron chi connectivity index (χ3n) is 3.51. The van der Waals surface area contributed by atoms with Gasteiger partial charge in [-0.25, -0.2) is 0 Å². The molecule has 0 aromatic rings. The zero-order valence-corrected chi connectivity index (χ0v) is 10.3. The molecule has 3 heteroatoms. The molecule has 0 saturated carbocycles. The number of rotatable bonds is 6. The minimum Gasteiger partial charge on any atom is -0.481 e. The Bertz CT molecular complexity index is 235. The number of carboxylic acid groups (broad SMARTS) is 1. The molecule has 0 bridgehead atoms. The second-order valence-corrected chi connectivity index (χ2v) is 4.73. The Hall–Kier alpha value is -0.860. The SMILES string of the molecule is CC(=O)CC(C)C(C)C(C)C(C)C(=O)O. The standard InChI is InChI=1S/C12H22O3/c1-7(6-8(2)13)9(3)10(4)11(5)12(14)15/h7,9-11H,6H2,1-5H3,(H,14,15). The van der Waals surface area contributed by atoms with Crippen molar-refractivity contribution in [1.82, 2.24) is 0 Å². The Balaban J connectivity index is 4.36. The second kappa shape index (κ2) is 5.89. The van der Waals surface area contributed by atoms with E-state index < -0.39 is 5.97 Å². The highest BCUT2D eigenvalue weighted by Crippen LogP contribution is 2.28. The fraction of sp³-hybridized carbons (Fsp3) is 0.833. The van der Waals surface area contributed by atoms with E-state index in [0.717, 1.165) is 0 Å². The smallest absolute Gasteiger partial charge is 0.306 e. The lowest BCUT2D eigenvalue weighted by Crippen LogP contribution is -2.28. The van der Waals surface area contributed by atoms with Crippen LogP contribution in [-0.2, 0) is 9.59 Å². The molecule has 88 valence electrons. The molecule has 0 aliphatic heterocycles. The van der Waals surface area contributed by atoms with Crippen LogP contribution in [0.1, 0.15) is 41.0 Å². The van der Waals surface area contributed by atoms with Gasteiger partial charge in [0, 0.05) is 6.42 Å². The highest BCUT2D eigenvalue weighted by atomic mass is 16.4. The van der Waals surface area contributed by atoms with E-state index in [1.165, 1.54) is 0 Å². The molecular weight excluding hydrogens is 192 g/mol. The molecule has 0 aliphatic rings. The van der Waals surface area contributed by atoms with Crippen molar-refractivity contribution in [3.63, 3.8) is 0 Å². The van der Waals surface area contributed by atoms with Crippen molar-refractivity contribution in [2.24, 2.45) is 23.7 Å². The van der Waals surface area contributed by atoms with E-state index in [4.69, 9.17) is 5.11 Å². The number of Topliss-reactive ketones (excluding diaryl/α,β-unsaturated/α-hetero) is 1. The Morgan fingerprint density at radius 1 is 1.07 bits per heavy atom. The summed E-state index contributed by atoms with van der Waals surface area (Å²) in [5, 5.41) is 8.90. The summed E-state index contributed by atoms with van der Waals surface area (Å²) in [6.45, 7) is 9.29. The summed E-state index contributed by atoms with van der Waals surface area (Å²) in [5.41, 5.74) is 0. The normalized spacial score (nSPS) is 19.0. The number of carbonyl (C=O) groups is 2. The Morgan fingerprint density at radius 3 is 1.87 bits per heavy atom. The van der Waals surface area contributed by atoms with Crippen LogP contribution < -0.4 is 0 Å². The zero-order valence-electron chi connectivity index (χ0n) is 10.3. The van der Waals surface area contributed by atoms with E-state index in [0.29, 0.717) is 6.42 Å². The largest absolute Gasteiger partial charge is 0.481 e. The van der Waals surface area contributed by atoms with Crippen molar-refractivity contribution in [3.8, 4) is 0 Å². The quantitative estimate of drug-likeness (QED) is 0.739. The van der Waals surface area contributed by atoms with Gasteiger partial charge in [0.1, 0.15) is 5.78 Å². The van der Waals surface area contributed by atoms with Crippen LogP contribution in [0.5, 0.6) is 0 Å². The molecule has 0 spiro atoms. The first-order valence-corrected chi connectivity index (χ1v) is 5.49. The molecule has 0 radical (unpaired) electrons. The van der Waals surface area contributed by atoms with Crippen molar-refractivity contribution in [2.45, 2.75) is 41.0 Å². The highest BCUT2D eigenvalue weighted by molar-refractivity contribution is 5.75. The predicted molar refractivity (Wildman–Crippen MR) is 59.6 cm³/mol. The number of carbonyl (C=O) groups excluding carboxylic acids is 1. The lowest BCUT2D eigenvalue weighted by Gasteiger charge is -2.28. The molecule has 0 fully saturated rings. The molecule has 4 unspecified atom stereocenters. The van der Waals surface area contributed by atoms with E-state index in [1.807, 2.05) is 20.8 Å². The van der Waals surface area contributed by atoms with Gasteiger partial charge >= 0.3 is 5.97 Å². The van der Waals surface area contributed by atoms with E-state index in [2.05, 4.69) is 0 Å². The average Bonchev–Trinajstić information content (AvgIpc) is 2.13. The fourth-order valence-electron chi connectivity index (χ4n) is 1.84. The van der Waals surface area contributed by atoms with Gasteiger partial charge in [-0.05, 0) is 24.7 Å². The van der Waals surface area contributed by atoms with Crippen LogP contribution in [0, 0.1) is 23.7 Å². The molecule has 1 N–H and O–H groups in total. The van der Waals surface area contributed by atoms with Crippen molar-refractivity contribution in [1.29, 1.82) is 0 Å². The van der Waals surface area contributed by atoms with E-state index in [-0.39, 0.29) is 29.5 Å². The van der Waals surface area contributed by atoms with Crippen LogP contribution in [0.4, 0.5) is 0 Å². The van der Waals surface area contributed by atoms with Gasteiger partial charge in [0.25, 0.3) is 0 Å². The van der Waals surface area contributed by atoms with Gasteiger partial charge in [0.15, 0.2) is 0 Å². The Labute approximate surface area is 91.9 Å². The fourth-order valence-corrected chi connectivity index (χ4v) is 1.84. The molecule has 0 aromatic carbocycles. The van der Waals surface area contributed by atoms with Crippen LogP contribution in [0.2, 0.25) is 0 Å². The Morgan fingerprint density at radius 2 is 1.53 bits per heavy atom. The Kier molecular flexibility index (Phi) is 5.55. The van der Waals surface area contributed by atoms with Crippen LogP contribution in [0.25, 0.3) is 0 Å². The van der Waals surface area contributed by atoms with Crippen molar-refractivity contribution >= 4 is 11.8 Å². The van der Waals surface area contributed by atoms with Crippen LogP contribution >= 0.6 is 0 Å². The summed E-state index contributed by atoms with van der Waals surface area (Å²) < 4.78 is 0. The second-order valence-electron chi connectivity index (χ2n) is 4.73. The van der Waals surface area contributed by atoms with Crippen LogP contribution in [0.15, 0.2) is 0 Å². The van der Waals surface area contributed by atoms with Crippen LogP contribution in [0.3, 0.4) is 0 Å². The summed E-state index contributed by atoms with van der Waals surface area (Å²) in [5.74, 6) is -0.348. The lowest BCUT2D eigenvalue weighted by atomic mass is 9.77. The monoisotopic (exact) mass is 214 g/mol. The van der Waals surface area contributed by atoms with Gasteiger partial charge in [-0.2, -0.15) is 0 Å². The molecule has 0 heterocycles. The maximum atomic E-state index is 11.0. The number of hydrogen-bond donors (Lipinski definition) is 1. The summed E-state index contributed by atoms with van der Waals surface area (Å²) in [4.78, 5) is 21.8. The summed E-state index contributed by atoms with van der Waals surface area (Å²) >= 11 is 0. The number of ketones is 1. The van der Waals surface area contributed by atoms with Crippen molar-refractivity contribution < 1.29 is 14.7 Å². The zero-order chi connectivity index (χ0) is 12.2. The lowest BCUT2D eigenvalue weighted by molar-refractivity contribution is -0.143. The molecule has 0 saturated heterocycles. The van der Waals surface area contributed by atoms with Crippen molar-refractivity contribution in [3.05, 3.63) is 0 Å². The molecule has 3 nitrogen and oxygen atoms in total. The molecule has 0 rings (SSSR count). The number of hydrogen-bond acceptors (Lipinski definition) is 2. The third kappa shape index (κ3) is 4.45. The molecule has 0 amide bonds. The molecular formula is C12H22O3. The van der Waals surface area contributed by atoms with E-state index >= 15 is 0 Å². The third-order valence-corrected chi connectivity index (χ3v) is 3.51. The van der Waals surface area contributed by atoms with Gasteiger partial charge < -0.3 is 9.90 Å². The van der Waals surface area contributed by atoms with E-state index in [1.54, 1.807) is 13.8 Å². The molecule has 4 atom stereocenters. The van der Waals surface area contributed by atoms with Crippen LogP contribution in [-0.4, -0.2) is 16.9 Å². The van der Waals surface area contributed by atoms with E-state index in [9.17, 15) is 9.59 Å². The summed E-state index contributed by atoms with van der Waals surface area (Å²) in [6.07, 6.45) is 0.540. The van der Waals surface area contributed by atoms with Gasteiger partial charge in [-0.1, -0.05) is 27.7 Å². The minimum absolute atomic E-state index is 0.0943. The maximum absolute atomic E-state index is 11.0. The van der Waals surface area contributed by atoms with Gasteiger partial charge in [-0.3, -0.25) is 4.79 Å². The topological polar surface area (TPSA) is 54.4 Å². The van der Waals surface area contributed by atoms with Crippen molar-refractivity contribution in [2.75, 3.05) is 0 Å². The first-order chi connectivity index (χ1) is 6.77. The minimum atomic E-state index is -0.760. The van der Waals surface area contributed by atoms with Gasteiger partial charge in [0.2, 0.25) is 0 Å². The first kappa shape index (κ1) is 14.1. The number of carboxylic acids is 1. The molecule has 0 aromatic heterocycles. The average molecular weight is 214 g/mol. The molecule has 0 aliphatic carbocycles. The predicted octanol–water partition coefficient (Wildman–Crippen LogP) is 2.59. The maximum Gasteiger partial charge on any atom is 0.306 e. The summed E-state index contributed by atoms with van der Waals surface area (Å²) in [7, 11) is 0. The first-order valence-electron chi connectivity index (χ1n) is 5.49. The summed E-state index contributed by atoms with van der Waals surface area (Å²) in [6, 6.07) is 0. The van der Waals surface area contributed by atoms with Gasteiger partial charge in [0.05, 0.1) is 5.92 Å². The molecule has 15 heavy (non-hydrogen) atoms. The number of aliphatic carboxylic acids is 1.